The Hall–Kier alpha value is -4.32. The maximum absolute atomic E-state index is 5.87. The van der Waals surface area contributed by atoms with E-state index in [0.717, 1.165) is 45.5 Å². The van der Waals surface area contributed by atoms with Crippen LogP contribution in [0.5, 0.6) is 11.5 Å². The monoisotopic (exact) mass is 421 g/mol. The van der Waals surface area contributed by atoms with Gasteiger partial charge < -0.3 is 15.0 Å². The van der Waals surface area contributed by atoms with Gasteiger partial charge in [-0.2, -0.15) is 9.61 Å². The highest BCUT2D eigenvalue weighted by molar-refractivity contribution is 5.79. The van der Waals surface area contributed by atoms with Crippen molar-refractivity contribution in [2.45, 2.75) is 0 Å². The number of nitrogens with one attached hydrogen (secondary N) is 1. The van der Waals surface area contributed by atoms with E-state index in [-0.39, 0.29) is 0 Å². The van der Waals surface area contributed by atoms with E-state index in [0.29, 0.717) is 0 Å². The average molecular weight is 422 g/mol. The maximum atomic E-state index is 5.87. The number of nitrogens with zero attached hydrogens (tertiary/aromatic N) is 4. The predicted octanol–water partition coefficient (Wildman–Crippen LogP) is 6.00. The summed E-state index contributed by atoms with van der Waals surface area (Å²) in [6.45, 7) is 0. The molecule has 0 aliphatic heterocycles. The number of benzene rings is 3. The lowest BCUT2D eigenvalue weighted by atomic mass is 10.1. The molecule has 0 unspecified atom stereocenters. The highest BCUT2D eigenvalue weighted by atomic mass is 16.5. The molecule has 3 aromatic carbocycles. The zero-order valence-corrected chi connectivity index (χ0v) is 17.9. The summed E-state index contributed by atoms with van der Waals surface area (Å²) in [6, 6.07) is 27.9. The lowest BCUT2D eigenvalue weighted by Crippen LogP contribution is -2.07. The summed E-state index contributed by atoms with van der Waals surface area (Å²) in [5.41, 5.74) is 4.96. The van der Waals surface area contributed by atoms with Crippen molar-refractivity contribution in [3.8, 4) is 22.6 Å². The van der Waals surface area contributed by atoms with Crippen LogP contribution >= 0.6 is 0 Å². The highest BCUT2D eigenvalue weighted by Crippen LogP contribution is 2.28. The topological polar surface area (TPSA) is 54.7 Å². The van der Waals surface area contributed by atoms with E-state index in [1.807, 2.05) is 85.5 Å². The van der Waals surface area contributed by atoms with Crippen molar-refractivity contribution < 1.29 is 4.74 Å². The van der Waals surface area contributed by atoms with Gasteiger partial charge in [-0.1, -0.05) is 30.3 Å². The zero-order chi connectivity index (χ0) is 21.9. The van der Waals surface area contributed by atoms with Gasteiger partial charge in [0.2, 0.25) is 0 Å². The molecule has 2 aromatic heterocycles. The standard InChI is InChI=1S/C26H23N5O/c1-30(2)21-12-8-19(9-13-21)24-18-28-31-25(16-17-27-26(24)31)29-20-10-14-23(15-11-20)32-22-6-4-3-5-7-22/h3-18,29H,1-2H3. The highest BCUT2D eigenvalue weighted by Gasteiger charge is 2.11. The number of rotatable bonds is 6. The molecule has 0 bridgehead atoms. The summed E-state index contributed by atoms with van der Waals surface area (Å²) in [4.78, 5) is 6.65. The molecule has 0 aliphatic carbocycles. The molecular formula is C26H23N5O. The summed E-state index contributed by atoms with van der Waals surface area (Å²) < 4.78 is 7.69. The first-order valence-electron chi connectivity index (χ1n) is 10.4. The smallest absolute Gasteiger partial charge is 0.165 e. The second-order valence-corrected chi connectivity index (χ2v) is 7.63. The van der Waals surface area contributed by atoms with Gasteiger partial charge in [0.05, 0.1) is 6.20 Å². The minimum atomic E-state index is 0.782. The lowest BCUT2D eigenvalue weighted by molar-refractivity contribution is 0.483. The van der Waals surface area contributed by atoms with Gasteiger partial charge in [0.1, 0.15) is 17.3 Å². The van der Waals surface area contributed by atoms with Crippen molar-refractivity contribution in [3.63, 3.8) is 0 Å². The van der Waals surface area contributed by atoms with Gasteiger partial charge in [0.15, 0.2) is 5.65 Å². The Morgan fingerprint density at radius 3 is 2.25 bits per heavy atom. The molecule has 5 aromatic rings. The molecule has 5 rings (SSSR count). The number of hydrogen-bond acceptors (Lipinski definition) is 5. The van der Waals surface area contributed by atoms with E-state index in [4.69, 9.17) is 4.74 Å². The SMILES string of the molecule is CN(C)c1ccc(-c2cnn3c(Nc4ccc(Oc5ccccc5)cc4)ccnc23)cc1. The van der Waals surface area contributed by atoms with Crippen LogP contribution in [0.15, 0.2) is 97.3 Å². The van der Waals surface area contributed by atoms with E-state index < -0.39 is 0 Å². The van der Waals surface area contributed by atoms with Gasteiger partial charge in [0.25, 0.3) is 0 Å². The predicted molar refractivity (Wildman–Crippen MR) is 129 cm³/mol. The van der Waals surface area contributed by atoms with Gasteiger partial charge in [-0.25, -0.2) is 4.98 Å². The van der Waals surface area contributed by atoms with Gasteiger partial charge in [-0.3, -0.25) is 0 Å². The molecule has 6 heteroatoms. The fourth-order valence-corrected chi connectivity index (χ4v) is 3.51. The summed E-state index contributed by atoms with van der Waals surface area (Å²) in [5, 5.41) is 8.00. The first-order chi connectivity index (χ1) is 15.7. The molecule has 0 spiro atoms. The van der Waals surface area contributed by atoms with Crippen LogP contribution in [0.4, 0.5) is 17.2 Å². The summed E-state index contributed by atoms with van der Waals surface area (Å²) in [5.74, 6) is 2.43. The van der Waals surface area contributed by atoms with E-state index in [1.54, 1.807) is 6.20 Å². The number of ether oxygens (including phenoxy) is 1. The van der Waals surface area contributed by atoms with Gasteiger partial charge >= 0.3 is 0 Å². The molecule has 1 N–H and O–H groups in total. The number of hydrogen-bond donors (Lipinski definition) is 1. The van der Waals surface area contributed by atoms with Crippen molar-refractivity contribution >= 4 is 22.8 Å². The molecule has 0 fully saturated rings. The molecule has 32 heavy (non-hydrogen) atoms. The molecule has 0 saturated heterocycles. The third-order valence-corrected chi connectivity index (χ3v) is 5.20. The van der Waals surface area contributed by atoms with E-state index in [2.05, 4.69) is 44.6 Å². The fourth-order valence-electron chi connectivity index (χ4n) is 3.51. The number of aromatic nitrogens is 3. The Balaban J connectivity index is 1.38. The number of anilines is 3. The maximum Gasteiger partial charge on any atom is 0.165 e. The Labute approximate surface area is 186 Å². The third-order valence-electron chi connectivity index (χ3n) is 5.20. The van der Waals surface area contributed by atoms with E-state index >= 15 is 0 Å². The number of para-hydroxylation sites is 1. The van der Waals surface area contributed by atoms with Crippen molar-refractivity contribution in [2.24, 2.45) is 0 Å². The quantitative estimate of drug-likeness (QED) is 0.364. The Morgan fingerprint density at radius 1 is 0.812 bits per heavy atom. The summed E-state index contributed by atoms with van der Waals surface area (Å²) in [7, 11) is 4.06. The minimum absolute atomic E-state index is 0.782. The Bertz CT molecular complexity index is 1330. The molecule has 158 valence electrons. The molecule has 0 amide bonds. The average Bonchev–Trinajstić information content (AvgIpc) is 3.26. The van der Waals surface area contributed by atoms with Crippen molar-refractivity contribution in [2.75, 3.05) is 24.3 Å². The Morgan fingerprint density at radius 2 is 1.53 bits per heavy atom. The van der Waals surface area contributed by atoms with Crippen LogP contribution in [0.2, 0.25) is 0 Å². The van der Waals surface area contributed by atoms with Crippen molar-refractivity contribution in [1.29, 1.82) is 0 Å². The molecule has 0 atom stereocenters. The van der Waals surface area contributed by atoms with Crippen LogP contribution in [0, 0.1) is 0 Å². The summed E-state index contributed by atoms with van der Waals surface area (Å²) in [6.07, 6.45) is 3.65. The van der Waals surface area contributed by atoms with Crippen molar-refractivity contribution in [1.82, 2.24) is 14.6 Å². The van der Waals surface area contributed by atoms with Crippen LogP contribution in [0.3, 0.4) is 0 Å². The normalized spacial score (nSPS) is 10.8. The molecule has 6 nitrogen and oxygen atoms in total. The molecule has 0 radical (unpaired) electrons. The molecule has 0 saturated carbocycles. The van der Waals surface area contributed by atoms with Gasteiger partial charge in [-0.05, 0) is 60.2 Å². The number of fused-ring (bicyclic) bond motifs is 1. The minimum Gasteiger partial charge on any atom is -0.457 e. The second-order valence-electron chi connectivity index (χ2n) is 7.63. The Kier molecular flexibility index (Phi) is 5.17. The first-order valence-corrected chi connectivity index (χ1v) is 10.4. The molecule has 2 heterocycles. The summed E-state index contributed by atoms with van der Waals surface area (Å²) >= 11 is 0. The van der Waals surface area contributed by atoms with E-state index in [1.165, 1.54) is 0 Å². The van der Waals surface area contributed by atoms with Crippen LogP contribution < -0.4 is 15.0 Å². The zero-order valence-electron chi connectivity index (χ0n) is 17.9. The lowest BCUT2D eigenvalue weighted by Gasteiger charge is -2.12. The van der Waals surface area contributed by atoms with Crippen LogP contribution in [-0.4, -0.2) is 28.7 Å². The van der Waals surface area contributed by atoms with Crippen LogP contribution in [0.25, 0.3) is 16.8 Å². The van der Waals surface area contributed by atoms with Gasteiger partial charge in [-0.15, -0.1) is 0 Å². The molecular weight excluding hydrogens is 398 g/mol. The van der Waals surface area contributed by atoms with E-state index in [9.17, 15) is 0 Å². The van der Waals surface area contributed by atoms with Gasteiger partial charge in [0, 0.05) is 37.2 Å². The molecule has 0 aliphatic rings. The third kappa shape index (κ3) is 3.98. The van der Waals surface area contributed by atoms with Crippen LogP contribution in [-0.2, 0) is 0 Å². The first kappa shape index (κ1) is 19.6. The van der Waals surface area contributed by atoms with Crippen molar-refractivity contribution in [3.05, 3.63) is 97.3 Å². The second kappa shape index (κ2) is 8.43. The fraction of sp³-hybridized carbons (Fsp3) is 0.0769. The largest absolute Gasteiger partial charge is 0.457 e. The van der Waals surface area contributed by atoms with Crippen LogP contribution in [0.1, 0.15) is 0 Å².